The van der Waals surface area contributed by atoms with Crippen molar-refractivity contribution in [1.82, 2.24) is 4.31 Å². The molecule has 0 aliphatic carbocycles. The van der Waals surface area contributed by atoms with Gasteiger partial charge in [-0.3, -0.25) is 0 Å². The van der Waals surface area contributed by atoms with Crippen molar-refractivity contribution in [2.75, 3.05) is 19.0 Å². The van der Waals surface area contributed by atoms with Gasteiger partial charge < -0.3 is 0 Å². The van der Waals surface area contributed by atoms with Gasteiger partial charge in [0, 0.05) is 23.4 Å². The average molecular weight is 361 g/mol. The van der Waals surface area contributed by atoms with Crippen LogP contribution in [0.4, 0.5) is 0 Å². The molecule has 96 valence electrons. The van der Waals surface area contributed by atoms with E-state index in [9.17, 15) is 8.42 Å². The Kier molecular flexibility index (Phi) is 5.73. The highest BCUT2D eigenvalue weighted by Gasteiger charge is 2.24. The maximum atomic E-state index is 12.3. The molecule has 1 aromatic carbocycles. The van der Waals surface area contributed by atoms with Crippen molar-refractivity contribution in [1.29, 1.82) is 0 Å². The molecule has 1 rings (SSSR count). The first-order valence-electron chi connectivity index (χ1n) is 4.94. The Balaban J connectivity index is 3.20. The van der Waals surface area contributed by atoms with Crippen molar-refractivity contribution in [2.45, 2.75) is 11.8 Å². The highest BCUT2D eigenvalue weighted by molar-refractivity contribution is 9.10. The van der Waals surface area contributed by atoms with Crippen molar-refractivity contribution >= 4 is 49.2 Å². The zero-order chi connectivity index (χ0) is 13.1. The first-order valence-corrected chi connectivity index (χ1v) is 8.09. The van der Waals surface area contributed by atoms with Gasteiger partial charge in [-0.1, -0.05) is 34.5 Å². The summed E-state index contributed by atoms with van der Waals surface area (Å²) in [6, 6.07) is 4.69. The van der Waals surface area contributed by atoms with Crippen LogP contribution in [-0.4, -0.2) is 31.7 Å². The molecule has 7 heteroatoms. The van der Waals surface area contributed by atoms with E-state index in [2.05, 4.69) is 15.9 Å². The lowest BCUT2D eigenvalue weighted by Crippen LogP contribution is -2.32. The molecular formula is C10H12BrCl2NO2S. The quantitative estimate of drug-likeness (QED) is 0.755. The molecule has 0 saturated heterocycles. The number of sulfonamides is 1. The molecular weight excluding hydrogens is 349 g/mol. The van der Waals surface area contributed by atoms with Crippen LogP contribution in [0.2, 0.25) is 5.02 Å². The minimum absolute atomic E-state index is 0.106. The molecule has 3 nitrogen and oxygen atoms in total. The maximum absolute atomic E-state index is 12.3. The van der Waals surface area contributed by atoms with Crippen LogP contribution in [0.1, 0.15) is 6.92 Å². The molecule has 0 atom stereocenters. The summed E-state index contributed by atoms with van der Waals surface area (Å²) in [7, 11) is -3.56. The van der Waals surface area contributed by atoms with E-state index in [1.54, 1.807) is 19.1 Å². The predicted molar refractivity (Wildman–Crippen MR) is 74.3 cm³/mol. The zero-order valence-electron chi connectivity index (χ0n) is 9.16. The zero-order valence-corrected chi connectivity index (χ0v) is 13.1. The molecule has 0 amide bonds. The Bertz CT molecular complexity index is 493. The van der Waals surface area contributed by atoms with Crippen molar-refractivity contribution in [2.24, 2.45) is 0 Å². The SMILES string of the molecule is CCN(CCCl)S(=O)(=O)c1ccc(Br)cc1Cl. The summed E-state index contributed by atoms with van der Waals surface area (Å²) in [5.74, 6) is 0.251. The lowest BCUT2D eigenvalue weighted by atomic mass is 10.4. The third kappa shape index (κ3) is 3.58. The average Bonchev–Trinajstić information content (AvgIpc) is 2.24. The van der Waals surface area contributed by atoms with E-state index in [1.165, 1.54) is 10.4 Å². The highest BCUT2D eigenvalue weighted by Crippen LogP contribution is 2.27. The van der Waals surface area contributed by atoms with E-state index in [0.717, 1.165) is 4.47 Å². The van der Waals surface area contributed by atoms with E-state index >= 15 is 0 Å². The van der Waals surface area contributed by atoms with Crippen LogP contribution in [0.5, 0.6) is 0 Å². The number of rotatable bonds is 5. The van der Waals surface area contributed by atoms with Gasteiger partial charge in [-0.2, -0.15) is 4.31 Å². The second-order valence-electron chi connectivity index (χ2n) is 3.26. The Morgan fingerprint density at radius 1 is 1.41 bits per heavy atom. The Hall–Kier alpha value is 0.190. The molecule has 0 aromatic heterocycles. The van der Waals surface area contributed by atoms with E-state index in [1.807, 2.05) is 0 Å². The van der Waals surface area contributed by atoms with Crippen molar-refractivity contribution in [3.8, 4) is 0 Å². The Labute approximate surface area is 120 Å². The lowest BCUT2D eigenvalue weighted by Gasteiger charge is -2.19. The second kappa shape index (κ2) is 6.38. The molecule has 0 bridgehead atoms. The van der Waals surface area contributed by atoms with E-state index in [0.29, 0.717) is 6.54 Å². The summed E-state index contributed by atoms with van der Waals surface area (Å²) in [4.78, 5) is 0.106. The summed E-state index contributed by atoms with van der Waals surface area (Å²) in [5, 5.41) is 0.201. The highest BCUT2D eigenvalue weighted by atomic mass is 79.9. The monoisotopic (exact) mass is 359 g/mol. The molecule has 0 heterocycles. The summed E-state index contributed by atoms with van der Waals surface area (Å²) >= 11 is 14.8. The Morgan fingerprint density at radius 3 is 2.53 bits per heavy atom. The van der Waals surface area contributed by atoms with Crippen LogP contribution < -0.4 is 0 Å². The van der Waals surface area contributed by atoms with Crippen LogP contribution in [0, 0.1) is 0 Å². The summed E-state index contributed by atoms with van der Waals surface area (Å²) in [6.07, 6.45) is 0. The van der Waals surface area contributed by atoms with E-state index in [4.69, 9.17) is 23.2 Å². The van der Waals surface area contributed by atoms with Gasteiger partial charge in [0.15, 0.2) is 0 Å². The standard InChI is InChI=1S/C10H12BrCl2NO2S/c1-2-14(6-5-12)17(15,16)10-4-3-8(11)7-9(10)13/h3-4,7H,2,5-6H2,1H3. The van der Waals surface area contributed by atoms with Crippen LogP contribution >= 0.6 is 39.1 Å². The molecule has 1 aromatic rings. The molecule has 17 heavy (non-hydrogen) atoms. The molecule has 0 aliphatic heterocycles. The summed E-state index contributed by atoms with van der Waals surface area (Å²) < 4.78 is 26.5. The number of halogens is 3. The van der Waals surface area contributed by atoms with Crippen molar-refractivity contribution < 1.29 is 8.42 Å². The predicted octanol–water partition coefficient (Wildman–Crippen LogP) is 3.35. The molecule has 0 unspecified atom stereocenters. The normalized spacial score (nSPS) is 12.1. The minimum atomic E-state index is -3.56. The Morgan fingerprint density at radius 2 is 2.06 bits per heavy atom. The third-order valence-electron chi connectivity index (χ3n) is 2.20. The van der Waals surface area contributed by atoms with Gasteiger partial charge in [-0.25, -0.2) is 8.42 Å². The van der Waals surface area contributed by atoms with Crippen LogP contribution in [-0.2, 0) is 10.0 Å². The largest absolute Gasteiger partial charge is 0.244 e. The molecule has 0 fully saturated rings. The van der Waals surface area contributed by atoms with Gasteiger partial charge in [-0.15, -0.1) is 11.6 Å². The smallest absolute Gasteiger partial charge is 0.207 e. The fourth-order valence-electron chi connectivity index (χ4n) is 1.37. The number of nitrogens with zero attached hydrogens (tertiary/aromatic N) is 1. The van der Waals surface area contributed by atoms with Gasteiger partial charge >= 0.3 is 0 Å². The van der Waals surface area contributed by atoms with Gasteiger partial charge in [0.1, 0.15) is 4.90 Å². The molecule has 0 spiro atoms. The van der Waals surface area contributed by atoms with Gasteiger partial charge in [-0.05, 0) is 18.2 Å². The summed E-state index contributed by atoms with van der Waals surface area (Å²) in [5.41, 5.74) is 0. The maximum Gasteiger partial charge on any atom is 0.244 e. The third-order valence-corrected chi connectivity index (χ3v) is 5.32. The van der Waals surface area contributed by atoms with Crippen LogP contribution in [0.15, 0.2) is 27.6 Å². The lowest BCUT2D eigenvalue weighted by molar-refractivity contribution is 0.447. The molecule has 0 N–H and O–H groups in total. The van der Waals surface area contributed by atoms with E-state index < -0.39 is 10.0 Å². The van der Waals surface area contributed by atoms with Crippen molar-refractivity contribution in [3.05, 3.63) is 27.7 Å². The first-order chi connectivity index (χ1) is 7.93. The number of hydrogen-bond acceptors (Lipinski definition) is 2. The van der Waals surface area contributed by atoms with Gasteiger partial charge in [0.2, 0.25) is 10.0 Å². The van der Waals surface area contributed by atoms with Crippen LogP contribution in [0.3, 0.4) is 0 Å². The topological polar surface area (TPSA) is 37.4 Å². The second-order valence-corrected chi connectivity index (χ2v) is 6.87. The number of alkyl halides is 1. The van der Waals surface area contributed by atoms with Crippen molar-refractivity contribution in [3.63, 3.8) is 0 Å². The first kappa shape index (κ1) is 15.2. The minimum Gasteiger partial charge on any atom is -0.207 e. The molecule has 0 aliphatic rings. The van der Waals surface area contributed by atoms with E-state index in [-0.39, 0.29) is 22.3 Å². The summed E-state index contributed by atoms with van der Waals surface area (Å²) in [6.45, 7) is 2.39. The van der Waals surface area contributed by atoms with Gasteiger partial charge in [0.25, 0.3) is 0 Å². The number of hydrogen-bond donors (Lipinski definition) is 0. The number of benzene rings is 1. The fourth-order valence-corrected chi connectivity index (χ4v) is 4.13. The fraction of sp³-hybridized carbons (Fsp3) is 0.400. The van der Waals surface area contributed by atoms with Gasteiger partial charge in [0.05, 0.1) is 5.02 Å². The molecule has 0 saturated carbocycles. The van der Waals surface area contributed by atoms with Crippen LogP contribution in [0.25, 0.3) is 0 Å². The molecule has 0 radical (unpaired) electrons.